The van der Waals surface area contributed by atoms with Crippen LogP contribution in [0.4, 0.5) is 13.9 Å². The van der Waals surface area contributed by atoms with Gasteiger partial charge in [0.05, 0.1) is 5.69 Å². The summed E-state index contributed by atoms with van der Waals surface area (Å²) in [4.78, 5) is 16.4. The first kappa shape index (κ1) is 16.3. The molecule has 0 bridgehead atoms. The molecule has 0 spiro atoms. The van der Waals surface area contributed by atoms with E-state index in [2.05, 4.69) is 17.2 Å². The van der Waals surface area contributed by atoms with Crippen molar-refractivity contribution in [1.82, 2.24) is 4.98 Å². The van der Waals surface area contributed by atoms with Gasteiger partial charge in [0.15, 0.2) is 5.13 Å². The molecule has 0 aliphatic heterocycles. The van der Waals surface area contributed by atoms with Gasteiger partial charge in [-0.2, -0.15) is 0 Å². The van der Waals surface area contributed by atoms with E-state index in [0.717, 1.165) is 35.9 Å². The van der Waals surface area contributed by atoms with Gasteiger partial charge in [0, 0.05) is 22.6 Å². The molecular formula is C18H14F2N2OS. The van der Waals surface area contributed by atoms with Crippen LogP contribution in [0.15, 0.2) is 47.8 Å². The zero-order valence-corrected chi connectivity index (χ0v) is 13.7. The summed E-state index contributed by atoms with van der Waals surface area (Å²) in [5.74, 6) is -2.19. The van der Waals surface area contributed by atoms with E-state index in [4.69, 9.17) is 0 Å². The predicted molar refractivity (Wildman–Crippen MR) is 91.2 cm³/mol. The number of carbonyl (C=O) groups is 1. The normalized spacial score (nSPS) is 10.6. The molecule has 0 atom stereocenters. The molecule has 3 rings (SSSR count). The first-order valence-electron chi connectivity index (χ1n) is 7.37. The van der Waals surface area contributed by atoms with E-state index in [-0.39, 0.29) is 5.56 Å². The molecule has 0 saturated carbocycles. The molecular weight excluding hydrogens is 330 g/mol. The van der Waals surface area contributed by atoms with E-state index in [1.807, 2.05) is 29.6 Å². The van der Waals surface area contributed by atoms with Crippen LogP contribution in [0.1, 0.15) is 22.8 Å². The van der Waals surface area contributed by atoms with Gasteiger partial charge in [0.1, 0.15) is 11.6 Å². The number of hydrogen-bond acceptors (Lipinski definition) is 3. The Morgan fingerprint density at radius 1 is 1.12 bits per heavy atom. The Bertz CT molecular complexity index is 855. The van der Waals surface area contributed by atoms with Crippen LogP contribution in [0.5, 0.6) is 0 Å². The standard InChI is InChI=1S/C18H14F2N2OS/c1-2-11-3-5-12(6-4-11)16-10-24-18(21-16)22-17(23)13-7-14(19)9-15(20)8-13/h3-10H,2H2,1H3,(H,21,22,23). The lowest BCUT2D eigenvalue weighted by molar-refractivity contribution is 0.102. The van der Waals surface area contributed by atoms with Crippen LogP contribution < -0.4 is 5.32 Å². The molecule has 0 radical (unpaired) electrons. The molecule has 1 amide bonds. The zero-order chi connectivity index (χ0) is 17.1. The van der Waals surface area contributed by atoms with Crippen LogP contribution in [0.3, 0.4) is 0 Å². The Morgan fingerprint density at radius 2 is 1.79 bits per heavy atom. The molecule has 0 unspecified atom stereocenters. The second-order valence-corrected chi connectivity index (χ2v) is 6.06. The highest BCUT2D eigenvalue weighted by molar-refractivity contribution is 7.14. The summed E-state index contributed by atoms with van der Waals surface area (Å²) in [5.41, 5.74) is 2.83. The Balaban J connectivity index is 1.76. The van der Waals surface area contributed by atoms with Crippen LogP contribution >= 0.6 is 11.3 Å². The fourth-order valence-corrected chi connectivity index (χ4v) is 2.94. The summed E-state index contributed by atoms with van der Waals surface area (Å²) in [6, 6.07) is 10.7. The Labute approximate surface area is 142 Å². The smallest absolute Gasteiger partial charge is 0.257 e. The second-order valence-electron chi connectivity index (χ2n) is 5.20. The van der Waals surface area contributed by atoms with Crippen molar-refractivity contribution in [1.29, 1.82) is 0 Å². The maximum Gasteiger partial charge on any atom is 0.257 e. The summed E-state index contributed by atoms with van der Waals surface area (Å²) in [7, 11) is 0. The van der Waals surface area contributed by atoms with Crippen molar-refractivity contribution >= 4 is 22.4 Å². The van der Waals surface area contributed by atoms with Gasteiger partial charge in [-0.05, 0) is 24.1 Å². The number of nitrogens with zero attached hydrogens (tertiary/aromatic N) is 1. The number of hydrogen-bond donors (Lipinski definition) is 1. The quantitative estimate of drug-likeness (QED) is 0.731. The predicted octanol–water partition coefficient (Wildman–Crippen LogP) is 4.90. The topological polar surface area (TPSA) is 42.0 Å². The molecule has 0 aliphatic carbocycles. The summed E-state index contributed by atoms with van der Waals surface area (Å²) >= 11 is 1.26. The van der Waals surface area contributed by atoms with Gasteiger partial charge in [0.25, 0.3) is 5.91 Å². The maximum atomic E-state index is 13.2. The van der Waals surface area contributed by atoms with Crippen molar-refractivity contribution in [2.75, 3.05) is 5.32 Å². The number of thiazole rings is 1. The molecule has 3 aromatic rings. The van der Waals surface area contributed by atoms with E-state index >= 15 is 0 Å². The minimum absolute atomic E-state index is 0.0865. The molecule has 122 valence electrons. The number of rotatable bonds is 4. The highest BCUT2D eigenvalue weighted by atomic mass is 32.1. The highest BCUT2D eigenvalue weighted by Gasteiger charge is 2.12. The molecule has 1 heterocycles. The van der Waals surface area contributed by atoms with Crippen molar-refractivity contribution in [2.24, 2.45) is 0 Å². The molecule has 24 heavy (non-hydrogen) atoms. The van der Waals surface area contributed by atoms with E-state index < -0.39 is 17.5 Å². The zero-order valence-electron chi connectivity index (χ0n) is 12.8. The number of benzene rings is 2. The van der Waals surface area contributed by atoms with Gasteiger partial charge in [-0.1, -0.05) is 31.2 Å². The third kappa shape index (κ3) is 3.65. The first-order chi connectivity index (χ1) is 11.5. The van der Waals surface area contributed by atoms with Crippen molar-refractivity contribution in [2.45, 2.75) is 13.3 Å². The lowest BCUT2D eigenvalue weighted by Gasteiger charge is -2.02. The van der Waals surface area contributed by atoms with Crippen molar-refractivity contribution in [3.05, 3.63) is 70.6 Å². The summed E-state index contributed by atoms with van der Waals surface area (Å²) in [6.45, 7) is 2.08. The molecule has 1 aromatic heterocycles. The van der Waals surface area contributed by atoms with Crippen molar-refractivity contribution in [3.63, 3.8) is 0 Å². The number of carbonyl (C=O) groups excluding carboxylic acids is 1. The largest absolute Gasteiger partial charge is 0.298 e. The maximum absolute atomic E-state index is 13.2. The van der Waals surface area contributed by atoms with Crippen molar-refractivity contribution < 1.29 is 13.6 Å². The van der Waals surface area contributed by atoms with Gasteiger partial charge in [-0.15, -0.1) is 11.3 Å². The minimum atomic E-state index is -0.795. The molecule has 0 fully saturated rings. The molecule has 3 nitrogen and oxygen atoms in total. The Kier molecular flexibility index (Phi) is 4.66. The van der Waals surface area contributed by atoms with Gasteiger partial charge in [0.2, 0.25) is 0 Å². The summed E-state index contributed by atoms with van der Waals surface area (Å²) in [5, 5.41) is 4.76. The fraction of sp³-hybridized carbons (Fsp3) is 0.111. The molecule has 0 saturated heterocycles. The lowest BCUT2D eigenvalue weighted by atomic mass is 10.1. The van der Waals surface area contributed by atoms with Crippen LogP contribution in [0.25, 0.3) is 11.3 Å². The fourth-order valence-electron chi connectivity index (χ4n) is 2.23. The number of halogens is 2. The van der Waals surface area contributed by atoms with Crippen LogP contribution in [0, 0.1) is 11.6 Å². The van der Waals surface area contributed by atoms with Crippen LogP contribution in [-0.4, -0.2) is 10.9 Å². The van der Waals surface area contributed by atoms with E-state index in [1.165, 1.54) is 16.9 Å². The third-order valence-electron chi connectivity index (χ3n) is 3.51. The highest BCUT2D eigenvalue weighted by Crippen LogP contribution is 2.25. The summed E-state index contributed by atoms with van der Waals surface area (Å²) < 4.78 is 26.4. The number of nitrogens with one attached hydrogen (secondary N) is 1. The molecule has 1 N–H and O–H groups in total. The minimum Gasteiger partial charge on any atom is -0.298 e. The molecule has 6 heteroatoms. The first-order valence-corrected chi connectivity index (χ1v) is 8.25. The van der Waals surface area contributed by atoms with Gasteiger partial charge in [-0.25, -0.2) is 13.8 Å². The van der Waals surface area contributed by atoms with Gasteiger partial charge in [-0.3, -0.25) is 10.1 Å². The van der Waals surface area contributed by atoms with E-state index in [0.29, 0.717) is 5.13 Å². The number of aromatic nitrogens is 1. The third-order valence-corrected chi connectivity index (χ3v) is 4.27. The lowest BCUT2D eigenvalue weighted by Crippen LogP contribution is -2.12. The van der Waals surface area contributed by atoms with Crippen LogP contribution in [0.2, 0.25) is 0 Å². The SMILES string of the molecule is CCc1ccc(-c2csc(NC(=O)c3cc(F)cc(F)c3)n2)cc1. The Hall–Kier alpha value is -2.60. The average molecular weight is 344 g/mol. The number of amides is 1. The second kappa shape index (κ2) is 6.88. The van der Waals surface area contributed by atoms with Gasteiger partial charge < -0.3 is 0 Å². The molecule has 2 aromatic carbocycles. The van der Waals surface area contributed by atoms with Crippen LogP contribution in [-0.2, 0) is 6.42 Å². The Morgan fingerprint density at radius 3 is 2.42 bits per heavy atom. The average Bonchev–Trinajstić information content (AvgIpc) is 3.02. The monoisotopic (exact) mass is 344 g/mol. The number of aryl methyl sites for hydroxylation is 1. The molecule has 0 aliphatic rings. The van der Waals surface area contributed by atoms with Gasteiger partial charge >= 0.3 is 0 Å². The van der Waals surface area contributed by atoms with E-state index in [1.54, 1.807) is 0 Å². The number of anilines is 1. The van der Waals surface area contributed by atoms with Crippen molar-refractivity contribution in [3.8, 4) is 11.3 Å². The van der Waals surface area contributed by atoms with E-state index in [9.17, 15) is 13.6 Å². The summed E-state index contributed by atoms with van der Waals surface area (Å²) in [6.07, 6.45) is 0.961.